The van der Waals surface area contributed by atoms with Crippen LogP contribution in [0.15, 0.2) is 30.3 Å². The summed E-state index contributed by atoms with van der Waals surface area (Å²) in [6, 6.07) is 8.97. The number of nitrogens with two attached hydrogens (primary N) is 1. The molecule has 0 bridgehead atoms. The maximum absolute atomic E-state index is 11.4. The van der Waals surface area contributed by atoms with Crippen molar-refractivity contribution in [3.8, 4) is 11.6 Å². The summed E-state index contributed by atoms with van der Waals surface area (Å²) >= 11 is 0. The number of likely N-dealkylation sites (tertiary alicyclic amines) is 1. The molecular weight excluding hydrogens is 318 g/mol. The van der Waals surface area contributed by atoms with E-state index in [0.29, 0.717) is 24.2 Å². The third kappa shape index (κ3) is 4.11. The lowest BCUT2D eigenvalue weighted by Crippen LogP contribution is -2.32. The minimum atomic E-state index is -0.623. The lowest BCUT2D eigenvalue weighted by Gasteiger charge is -2.28. The Bertz CT molecular complexity index is 721. The normalized spacial score (nSPS) is 15.9. The number of primary amides is 1. The number of hydrogen-bond donors (Lipinski definition) is 2. The van der Waals surface area contributed by atoms with Crippen LogP contribution >= 0.6 is 0 Å². The molecule has 2 aromatic rings. The quantitative estimate of drug-likeness (QED) is 0.873. The van der Waals surface area contributed by atoms with Crippen LogP contribution in [0.4, 0.5) is 10.6 Å². The van der Waals surface area contributed by atoms with Crippen molar-refractivity contribution < 1.29 is 9.53 Å². The number of carbonyl (C=O) groups is 1. The summed E-state index contributed by atoms with van der Waals surface area (Å²) in [6.07, 6.45) is 2.25. The van der Waals surface area contributed by atoms with Crippen LogP contribution in [0.3, 0.4) is 0 Å². The van der Waals surface area contributed by atoms with E-state index < -0.39 is 6.03 Å². The number of piperidine rings is 1. The second-order valence-corrected chi connectivity index (χ2v) is 6.57. The van der Waals surface area contributed by atoms with E-state index >= 15 is 0 Å². The zero-order valence-corrected chi connectivity index (χ0v) is 14.7. The van der Waals surface area contributed by atoms with Crippen LogP contribution in [-0.4, -0.2) is 47.5 Å². The van der Waals surface area contributed by atoms with Crippen molar-refractivity contribution in [3.05, 3.63) is 35.9 Å². The Kier molecular flexibility index (Phi) is 5.23. The number of ether oxygens (including phenoxy) is 1. The largest absolute Gasteiger partial charge is 0.476 e. The Hall–Kier alpha value is -2.54. The van der Waals surface area contributed by atoms with Crippen molar-refractivity contribution in [2.45, 2.75) is 19.8 Å². The fourth-order valence-corrected chi connectivity index (χ4v) is 3.06. The number of benzene rings is 1. The van der Waals surface area contributed by atoms with Crippen LogP contribution in [-0.2, 0) is 0 Å². The van der Waals surface area contributed by atoms with Crippen LogP contribution in [0.5, 0.6) is 5.88 Å². The van der Waals surface area contributed by atoms with Gasteiger partial charge in [0.05, 0.1) is 17.9 Å². The molecule has 0 aliphatic carbocycles. The van der Waals surface area contributed by atoms with Gasteiger partial charge in [0.15, 0.2) is 0 Å². The highest BCUT2D eigenvalue weighted by Gasteiger charge is 2.21. The average Bonchev–Trinajstić information content (AvgIpc) is 2.91. The summed E-state index contributed by atoms with van der Waals surface area (Å²) in [5.41, 5.74) is 6.93. The first-order valence-corrected chi connectivity index (χ1v) is 8.57. The van der Waals surface area contributed by atoms with Crippen LogP contribution in [0.1, 0.15) is 18.4 Å². The molecule has 1 aromatic heterocycles. The van der Waals surface area contributed by atoms with E-state index in [-0.39, 0.29) is 0 Å². The number of anilines is 1. The molecule has 1 aliphatic heterocycles. The second kappa shape index (κ2) is 7.57. The summed E-state index contributed by atoms with van der Waals surface area (Å²) in [6.45, 7) is 4.71. The van der Waals surface area contributed by atoms with Crippen LogP contribution in [0.25, 0.3) is 5.69 Å². The van der Waals surface area contributed by atoms with Gasteiger partial charge < -0.3 is 15.4 Å². The van der Waals surface area contributed by atoms with Gasteiger partial charge in [-0.25, -0.2) is 9.48 Å². The number of amides is 2. The van der Waals surface area contributed by atoms with Gasteiger partial charge in [-0.1, -0.05) is 18.2 Å². The van der Waals surface area contributed by atoms with Crippen molar-refractivity contribution in [1.29, 1.82) is 0 Å². The van der Waals surface area contributed by atoms with Crippen molar-refractivity contribution >= 4 is 11.8 Å². The molecule has 25 heavy (non-hydrogen) atoms. The lowest BCUT2D eigenvalue weighted by molar-refractivity contribution is 0.156. The molecule has 7 heteroatoms. The molecule has 2 heterocycles. The van der Waals surface area contributed by atoms with Gasteiger partial charge in [0.2, 0.25) is 5.88 Å². The topological polar surface area (TPSA) is 85.4 Å². The Labute approximate surface area is 147 Å². The molecule has 1 saturated heterocycles. The molecule has 3 rings (SSSR count). The van der Waals surface area contributed by atoms with E-state index in [0.717, 1.165) is 37.2 Å². The molecule has 0 atom stereocenters. The van der Waals surface area contributed by atoms with Crippen LogP contribution in [0.2, 0.25) is 0 Å². The van der Waals surface area contributed by atoms with Gasteiger partial charge in [-0.3, -0.25) is 5.32 Å². The standard InChI is InChI=1S/C18H25N5O2/c1-13-16(20-18(19)24)23(15-6-4-3-5-7-15)21-17(13)25-12-14-8-10-22(2)11-9-14/h3-7,14H,8-12H2,1-2H3,(H3,19,20,24). The Morgan fingerprint density at radius 1 is 1.32 bits per heavy atom. The molecule has 134 valence electrons. The number of para-hydroxylation sites is 1. The zero-order valence-electron chi connectivity index (χ0n) is 14.7. The highest BCUT2D eigenvalue weighted by Crippen LogP contribution is 2.29. The molecule has 2 amide bonds. The van der Waals surface area contributed by atoms with Crippen molar-refractivity contribution in [3.63, 3.8) is 0 Å². The van der Waals surface area contributed by atoms with Gasteiger partial charge in [0, 0.05) is 0 Å². The first-order chi connectivity index (χ1) is 12.0. The maximum Gasteiger partial charge on any atom is 0.317 e. The maximum atomic E-state index is 11.4. The number of nitrogens with zero attached hydrogens (tertiary/aromatic N) is 3. The smallest absolute Gasteiger partial charge is 0.317 e. The summed E-state index contributed by atoms with van der Waals surface area (Å²) in [5.74, 6) is 1.61. The fourth-order valence-electron chi connectivity index (χ4n) is 3.06. The van der Waals surface area contributed by atoms with Gasteiger partial charge in [-0.05, 0) is 58.0 Å². The Balaban J connectivity index is 1.80. The predicted molar refractivity (Wildman–Crippen MR) is 97.2 cm³/mol. The first kappa shape index (κ1) is 17.3. The van der Waals surface area contributed by atoms with Crippen molar-refractivity contribution in [2.75, 3.05) is 32.1 Å². The third-order valence-electron chi connectivity index (χ3n) is 4.61. The number of aromatic nitrogens is 2. The Morgan fingerprint density at radius 2 is 2.00 bits per heavy atom. The van der Waals surface area contributed by atoms with Crippen LogP contribution in [0, 0.1) is 12.8 Å². The molecule has 0 spiro atoms. The van der Waals surface area contributed by atoms with Gasteiger partial charge in [-0.15, -0.1) is 5.10 Å². The van der Waals surface area contributed by atoms with Crippen LogP contribution < -0.4 is 15.8 Å². The van der Waals surface area contributed by atoms with Gasteiger partial charge in [0.1, 0.15) is 5.82 Å². The van der Waals surface area contributed by atoms with Gasteiger partial charge >= 0.3 is 6.03 Å². The Morgan fingerprint density at radius 3 is 2.64 bits per heavy atom. The molecule has 0 unspecified atom stereocenters. The number of rotatable bonds is 5. The molecule has 3 N–H and O–H groups in total. The molecule has 7 nitrogen and oxygen atoms in total. The summed E-state index contributed by atoms with van der Waals surface area (Å²) in [4.78, 5) is 13.7. The zero-order chi connectivity index (χ0) is 17.8. The van der Waals surface area contributed by atoms with Gasteiger partial charge in [0.25, 0.3) is 0 Å². The van der Waals surface area contributed by atoms with Crippen molar-refractivity contribution in [2.24, 2.45) is 11.7 Å². The molecule has 0 radical (unpaired) electrons. The highest BCUT2D eigenvalue weighted by molar-refractivity contribution is 5.88. The van der Waals surface area contributed by atoms with E-state index in [1.165, 1.54) is 0 Å². The second-order valence-electron chi connectivity index (χ2n) is 6.57. The third-order valence-corrected chi connectivity index (χ3v) is 4.61. The van der Waals surface area contributed by atoms with Crippen molar-refractivity contribution in [1.82, 2.24) is 14.7 Å². The number of carbonyl (C=O) groups excluding carboxylic acids is 1. The SMILES string of the molecule is Cc1c(OCC2CCN(C)CC2)nn(-c2ccccc2)c1NC(N)=O. The average molecular weight is 343 g/mol. The van der Waals surface area contributed by atoms with E-state index in [2.05, 4.69) is 22.4 Å². The monoisotopic (exact) mass is 343 g/mol. The fraction of sp³-hybridized carbons (Fsp3) is 0.444. The summed E-state index contributed by atoms with van der Waals surface area (Å²) in [5, 5.41) is 7.20. The molecule has 0 saturated carbocycles. The predicted octanol–water partition coefficient (Wildman–Crippen LogP) is 2.39. The highest BCUT2D eigenvalue weighted by atomic mass is 16.5. The number of urea groups is 1. The first-order valence-electron chi connectivity index (χ1n) is 8.57. The minimum Gasteiger partial charge on any atom is -0.476 e. The number of nitrogens with one attached hydrogen (secondary N) is 1. The molecular formula is C18H25N5O2. The van der Waals surface area contributed by atoms with Gasteiger partial charge in [-0.2, -0.15) is 0 Å². The number of hydrogen-bond acceptors (Lipinski definition) is 4. The van der Waals surface area contributed by atoms with E-state index in [9.17, 15) is 4.79 Å². The minimum absolute atomic E-state index is 0.532. The van der Waals surface area contributed by atoms with E-state index in [1.54, 1.807) is 4.68 Å². The molecule has 1 aliphatic rings. The van der Waals surface area contributed by atoms with E-state index in [4.69, 9.17) is 10.5 Å². The lowest BCUT2D eigenvalue weighted by atomic mass is 9.98. The summed E-state index contributed by atoms with van der Waals surface area (Å²) in [7, 11) is 2.14. The molecule has 1 fully saturated rings. The van der Waals surface area contributed by atoms with E-state index in [1.807, 2.05) is 37.3 Å². The summed E-state index contributed by atoms with van der Waals surface area (Å²) < 4.78 is 7.65. The molecule has 1 aromatic carbocycles.